The van der Waals surface area contributed by atoms with E-state index in [1.807, 2.05) is 0 Å². The van der Waals surface area contributed by atoms with Gasteiger partial charge in [0.25, 0.3) is 0 Å². The molecular formula is C16H20PPd-. The topological polar surface area (TPSA) is 0 Å². The van der Waals surface area contributed by atoms with Crippen LogP contribution in [0.4, 0.5) is 0 Å². The second kappa shape index (κ2) is 11.6. The number of hydrogen-bond donors (Lipinski definition) is 0. The zero-order chi connectivity index (χ0) is 12.3. The van der Waals surface area contributed by atoms with Gasteiger partial charge in [0.15, 0.2) is 0 Å². The monoisotopic (exact) mass is 349 g/mol. The van der Waals surface area contributed by atoms with Crippen LogP contribution in [0.25, 0.3) is 0 Å². The molecule has 0 aliphatic rings. The van der Waals surface area contributed by atoms with Gasteiger partial charge < -0.3 is 6.92 Å². The zero-order valence-corrected chi connectivity index (χ0v) is 13.3. The summed E-state index contributed by atoms with van der Waals surface area (Å²) in [7, 11) is 0.777. The van der Waals surface area contributed by atoms with E-state index >= 15 is 0 Å². The van der Waals surface area contributed by atoms with Crippen molar-refractivity contribution in [1.82, 2.24) is 0 Å². The molecule has 0 saturated carbocycles. The minimum atomic E-state index is 0. The van der Waals surface area contributed by atoms with Gasteiger partial charge in [-0.3, -0.25) is 0 Å². The van der Waals surface area contributed by atoms with Crippen molar-refractivity contribution in [2.24, 2.45) is 0 Å². The molecule has 0 nitrogen and oxygen atoms in total. The summed E-state index contributed by atoms with van der Waals surface area (Å²) in [5.41, 5.74) is 0. The van der Waals surface area contributed by atoms with Crippen LogP contribution in [0.2, 0.25) is 0 Å². The molecule has 2 aromatic carbocycles. The van der Waals surface area contributed by atoms with Crippen molar-refractivity contribution in [1.29, 1.82) is 0 Å². The van der Waals surface area contributed by atoms with E-state index in [0.717, 1.165) is 15.0 Å². The van der Waals surface area contributed by atoms with Gasteiger partial charge in [-0.05, 0) is 10.6 Å². The first kappa shape index (κ1) is 17.5. The van der Waals surface area contributed by atoms with Crippen LogP contribution in [-0.2, 0) is 20.4 Å². The number of benzene rings is 2. The third-order valence-corrected chi connectivity index (χ3v) is 3.43. The van der Waals surface area contributed by atoms with Crippen molar-refractivity contribution < 1.29 is 20.4 Å². The summed E-state index contributed by atoms with van der Waals surface area (Å²) in [6.45, 7) is 5.72. The number of unbranched alkanes of at least 4 members (excludes halogenated alkanes) is 1. The second-order valence-electron chi connectivity index (χ2n) is 3.71. The maximum atomic E-state index is 3.60. The molecular weight excluding hydrogens is 330 g/mol. The molecule has 2 heteroatoms. The normalized spacial score (nSPS) is 8.78. The molecule has 0 aromatic heterocycles. The number of rotatable bonds is 3. The Bertz CT molecular complexity index is 347. The summed E-state index contributed by atoms with van der Waals surface area (Å²) in [5, 5.41) is 2.79. The van der Waals surface area contributed by atoms with Gasteiger partial charge >= 0.3 is 0 Å². The smallest absolute Gasteiger partial charge is 0 e. The third-order valence-electron chi connectivity index (χ3n) is 2.19. The molecule has 0 spiro atoms. The minimum absolute atomic E-state index is 0. The molecule has 0 N–H and O–H groups in total. The molecule has 0 unspecified atom stereocenters. The number of hydrogen-bond acceptors (Lipinski definition) is 0. The van der Waals surface area contributed by atoms with Gasteiger partial charge in [0.2, 0.25) is 0 Å². The summed E-state index contributed by atoms with van der Waals surface area (Å²) >= 11 is 0. The van der Waals surface area contributed by atoms with E-state index in [4.69, 9.17) is 0 Å². The quantitative estimate of drug-likeness (QED) is 0.447. The summed E-state index contributed by atoms with van der Waals surface area (Å²) in [4.78, 5) is 0. The van der Waals surface area contributed by atoms with Gasteiger partial charge in [0.1, 0.15) is 0 Å². The van der Waals surface area contributed by atoms with Gasteiger partial charge in [-0.15, -0.1) is 0 Å². The van der Waals surface area contributed by atoms with E-state index in [-0.39, 0.29) is 20.4 Å². The van der Waals surface area contributed by atoms with E-state index in [0.29, 0.717) is 0 Å². The molecule has 0 aliphatic carbocycles. The average Bonchev–Trinajstić information content (AvgIpc) is 2.41. The van der Waals surface area contributed by atoms with E-state index in [1.165, 1.54) is 17.0 Å². The van der Waals surface area contributed by atoms with Gasteiger partial charge in [-0.2, -0.15) is 6.42 Å². The predicted octanol–water partition coefficient (Wildman–Crippen LogP) is 3.93. The third kappa shape index (κ3) is 7.78. The fraction of sp³-hybridized carbons (Fsp3) is 0.188. The molecule has 18 heavy (non-hydrogen) atoms. The fourth-order valence-corrected chi connectivity index (χ4v) is 2.26. The molecule has 0 radical (unpaired) electrons. The summed E-state index contributed by atoms with van der Waals surface area (Å²) in [6.07, 6.45) is 2.28. The Hall–Kier alpha value is -0.468. The van der Waals surface area contributed by atoms with Gasteiger partial charge in [-0.1, -0.05) is 82.6 Å². The average molecular weight is 350 g/mol. The van der Waals surface area contributed by atoms with Crippen LogP contribution in [0.5, 0.6) is 0 Å². The van der Waals surface area contributed by atoms with Crippen LogP contribution in [0, 0.1) is 6.92 Å². The maximum Gasteiger partial charge on any atom is 0 e. The van der Waals surface area contributed by atoms with Crippen LogP contribution in [0.3, 0.4) is 0 Å². The standard InChI is InChI=1S/C12H11P.C4H9.Pd/c1-3-7-11(8-4-1)13-12-9-5-2-6-10-12;1-3-4-2;/h1-10,13H;1,3-4H2,2H3;/q;-1;. The van der Waals surface area contributed by atoms with Crippen LogP contribution in [0.15, 0.2) is 60.7 Å². The molecule has 0 saturated heterocycles. The first-order valence-corrected chi connectivity index (χ1v) is 7.03. The minimum Gasteiger partial charge on any atom is -0.343 e. The van der Waals surface area contributed by atoms with Crippen molar-refractivity contribution in [3.63, 3.8) is 0 Å². The van der Waals surface area contributed by atoms with E-state index < -0.39 is 0 Å². The van der Waals surface area contributed by atoms with Crippen LogP contribution in [0.1, 0.15) is 19.8 Å². The largest absolute Gasteiger partial charge is 0.343 e. The molecule has 0 heterocycles. The second-order valence-corrected chi connectivity index (χ2v) is 5.12. The van der Waals surface area contributed by atoms with E-state index in [2.05, 4.69) is 74.5 Å². The van der Waals surface area contributed by atoms with Crippen molar-refractivity contribution in [3.8, 4) is 0 Å². The zero-order valence-electron chi connectivity index (χ0n) is 10.7. The Morgan fingerprint density at radius 3 is 1.44 bits per heavy atom. The Balaban J connectivity index is 0.000000512. The maximum absolute atomic E-state index is 3.60. The van der Waals surface area contributed by atoms with Crippen molar-refractivity contribution in [2.75, 3.05) is 0 Å². The Morgan fingerprint density at radius 1 is 0.833 bits per heavy atom. The summed E-state index contributed by atoms with van der Waals surface area (Å²) in [6, 6.07) is 21.2. The SMILES string of the molecule is [CH2-]CCC.[Pd].c1ccc(Pc2ccccc2)cc1. The summed E-state index contributed by atoms with van der Waals surface area (Å²) < 4.78 is 0. The molecule has 2 aromatic rings. The van der Waals surface area contributed by atoms with E-state index in [1.54, 1.807) is 0 Å². The molecule has 100 valence electrons. The molecule has 0 bridgehead atoms. The van der Waals surface area contributed by atoms with Gasteiger partial charge in [0.05, 0.1) is 0 Å². The van der Waals surface area contributed by atoms with Gasteiger partial charge in [-0.25, -0.2) is 0 Å². The Morgan fingerprint density at radius 2 is 1.17 bits per heavy atom. The van der Waals surface area contributed by atoms with Crippen molar-refractivity contribution in [3.05, 3.63) is 67.6 Å². The van der Waals surface area contributed by atoms with Crippen LogP contribution >= 0.6 is 8.58 Å². The van der Waals surface area contributed by atoms with Crippen LogP contribution in [-0.4, -0.2) is 0 Å². The Kier molecular flexibility index (Phi) is 11.3. The van der Waals surface area contributed by atoms with E-state index in [9.17, 15) is 0 Å². The molecule has 0 amide bonds. The Labute approximate surface area is 127 Å². The van der Waals surface area contributed by atoms with Crippen LogP contribution < -0.4 is 10.6 Å². The molecule has 0 fully saturated rings. The summed E-state index contributed by atoms with van der Waals surface area (Å²) in [5.74, 6) is 0. The molecule has 2 rings (SSSR count). The fourth-order valence-electron chi connectivity index (χ4n) is 1.21. The van der Waals surface area contributed by atoms with Gasteiger partial charge in [0, 0.05) is 20.4 Å². The molecule has 0 atom stereocenters. The predicted molar refractivity (Wildman–Crippen MR) is 80.7 cm³/mol. The first-order valence-electron chi connectivity index (χ1n) is 6.03. The van der Waals surface area contributed by atoms with Crippen molar-refractivity contribution >= 4 is 19.2 Å². The van der Waals surface area contributed by atoms with Crippen molar-refractivity contribution in [2.45, 2.75) is 19.8 Å². The first-order chi connectivity index (χ1) is 8.36. The molecule has 0 aliphatic heterocycles.